The summed E-state index contributed by atoms with van der Waals surface area (Å²) < 4.78 is 11.5. The molecule has 0 amide bonds. The number of H-pyrrole nitrogens is 1. The largest absolute Gasteiger partial charge is 0.453 e. The number of fused-ring (bicyclic) bond motifs is 1. The van der Waals surface area contributed by atoms with E-state index >= 15 is 0 Å². The molecule has 3 heterocycles. The third-order valence-corrected chi connectivity index (χ3v) is 5.35. The van der Waals surface area contributed by atoms with Crippen LogP contribution in [0.1, 0.15) is 37.8 Å². The first-order valence-electron chi connectivity index (χ1n) is 10.1. The number of aromatic amines is 1. The highest BCUT2D eigenvalue weighted by molar-refractivity contribution is 5.83. The highest BCUT2D eigenvalue weighted by atomic mass is 16.5. The van der Waals surface area contributed by atoms with Gasteiger partial charge in [0, 0.05) is 22.7 Å². The summed E-state index contributed by atoms with van der Waals surface area (Å²) in [6.07, 6.45) is 2.56. The SMILES string of the molecule is CC(C)(C)c1ccc(-c2ccc(-c3noc(Cc4c[nH]c5ccccc45)n3)o2)cc1. The van der Waals surface area contributed by atoms with Crippen molar-refractivity contribution in [2.75, 3.05) is 0 Å². The van der Waals surface area contributed by atoms with E-state index < -0.39 is 0 Å². The van der Waals surface area contributed by atoms with Gasteiger partial charge in [0.25, 0.3) is 0 Å². The molecule has 0 spiro atoms. The second-order valence-electron chi connectivity index (χ2n) is 8.54. The van der Waals surface area contributed by atoms with E-state index in [1.54, 1.807) is 0 Å². The van der Waals surface area contributed by atoms with E-state index in [0.717, 1.165) is 27.8 Å². The maximum Gasteiger partial charge on any atom is 0.238 e. The maximum atomic E-state index is 6.01. The highest BCUT2D eigenvalue weighted by Gasteiger charge is 2.16. The Bertz CT molecular complexity index is 1300. The molecule has 0 saturated carbocycles. The van der Waals surface area contributed by atoms with Gasteiger partial charge in [-0.3, -0.25) is 0 Å². The summed E-state index contributed by atoms with van der Waals surface area (Å²) in [5.41, 5.74) is 4.66. The van der Waals surface area contributed by atoms with E-state index in [1.165, 1.54) is 5.56 Å². The Morgan fingerprint density at radius 3 is 2.47 bits per heavy atom. The summed E-state index contributed by atoms with van der Waals surface area (Å²) in [4.78, 5) is 7.80. The zero-order valence-electron chi connectivity index (χ0n) is 17.3. The third-order valence-electron chi connectivity index (χ3n) is 5.35. The number of hydrogen-bond donors (Lipinski definition) is 1. The van der Waals surface area contributed by atoms with E-state index in [2.05, 4.69) is 72.3 Å². The van der Waals surface area contributed by atoms with Crippen LogP contribution in [0.4, 0.5) is 0 Å². The van der Waals surface area contributed by atoms with Crippen molar-refractivity contribution in [3.05, 3.63) is 83.9 Å². The zero-order chi connectivity index (χ0) is 20.7. The Morgan fingerprint density at radius 2 is 1.67 bits per heavy atom. The number of nitrogens with zero attached hydrogens (tertiary/aromatic N) is 2. The highest BCUT2D eigenvalue weighted by Crippen LogP contribution is 2.30. The zero-order valence-corrected chi connectivity index (χ0v) is 17.3. The van der Waals surface area contributed by atoms with Gasteiger partial charge in [0.2, 0.25) is 11.7 Å². The number of furan rings is 1. The molecular formula is C25H23N3O2. The van der Waals surface area contributed by atoms with Gasteiger partial charge in [-0.2, -0.15) is 4.98 Å². The molecule has 0 aliphatic carbocycles. The van der Waals surface area contributed by atoms with Crippen LogP contribution >= 0.6 is 0 Å². The van der Waals surface area contributed by atoms with Crippen LogP contribution in [0.5, 0.6) is 0 Å². The van der Waals surface area contributed by atoms with Crippen LogP contribution in [0.15, 0.2) is 75.8 Å². The smallest absolute Gasteiger partial charge is 0.238 e. The molecule has 150 valence electrons. The van der Waals surface area contributed by atoms with Gasteiger partial charge in [0.1, 0.15) is 5.76 Å². The Balaban J connectivity index is 1.36. The van der Waals surface area contributed by atoms with Crippen LogP contribution in [0, 0.1) is 0 Å². The first kappa shape index (κ1) is 18.4. The number of rotatable bonds is 4. The number of aromatic nitrogens is 3. The molecule has 30 heavy (non-hydrogen) atoms. The van der Waals surface area contributed by atoms with Crippen molar-refractivity contribution in [3.8, 4) is 22.9 Å². The Kier molecular flexibility index (Phi) is 4.31. The number of hydrogen-bond acceptors (Lipinski definition) is 4. The predicted octanol–water partition coefficient (Wildman–Crippen LogP) is 6.37. The van der Waals surface area contributed by atoms with Gasteiger partial charge in [0.15, 0.2) is 5.76 Å². The van der Waals surface area contributed by atoms with Gasteiger partial charge in [-0.1, -0.05) is 68.4 Å². The lowest BCUT2D eigenvalue weighted by atomic mass is 9.86. The molecule has 0 radical (unpaired) electrons. The summed E-state index contributed by atoms with van der Waals surface area (Å²) >= 11 is 0. The average Bonchev–Trinajstić information content (AvgIpc) is 3.48. The molecule has 0 saturated heterocycles. The minimum absolute atomic E-state index is 0.124. The molecule has 5 nitrogen and oxygen atoms in total. The lowest BCUT2D eigenvalue weighted by Crippen LogP contribution is -2.10. The molecule has 0 unspecified atom stereocenters. The van der Waals surface area contributed by atoms with Crippen molar-refractivity contribution in [2.24, 2.45) is 0 Å². The molecule has 0 aliphatic heterocycles. The normalized spacial score (nSPS) is 12.0. The Morgan fingerprint density at radius 1 is 0.900 bits per heavy atom. The lowest BCUT2D eigenvalue weighted by molar-refractivity contribution is 0.384. The van der Waals surface area contributed by atoms with Gasteiger partial charge in [-0.25, -0.2) is 0 Å². The average molecular weight is 397 g/mol. The third kappa shape index (κ3) is 3.43. The molecule has 2 aromatic carbocycles. The minimum Gasteiger partial charge on any atom is -0.453 e. The molecule has 5 aromatic rings. The van der Waals surface area contributed by atoms with Crippen LogP contribution in [0.2, 0.25) is 0 Å². The summed E-state index contributed by atoms with van der Waals surface area (Å²) in [7, 11) is 0. The van der Waals surface area contributed by atoms with Gasteiger partial charge in [0.05, 0.1) is 6.42 Å². The van der Waals surface area contributed by atoms with Crippen molar-refractivity contribution in [1.29, 1.82) is 0 Å². The Labute approximate surface area is 174 Å². The van der Waals surface area contributed by atoms with E-state index in [4.69, 9.17) is 8.94 Å². The van der Waals surface area contributed by atoms with Gasteiger partial charge >= 0.3 is 0 Å². The van der Waals surface area contributed by atoms with E-state index in [9.17, 15) is 0 Å². The van der Waals surface area contributed by atoms with Crippen molar-refractivity contribution in [1.82, 2.24) is 15.1 Å². The molecule has 0 atom stereocenters. The summed E-state index contributed by atoms with van der Waals surface area (Å²) in [5, 5.41) is 5.27. The fourth-order valence-corrected chi connectivity index (χ4v) is 3.62. The van der Waals surface area contributed by atoms with E-state index in [-0.39, 0.29) is 5.41 Å². The van der Waals surface area contributed by atoms with Crippen LogP contribution in [-0.4, -0.2) is 15.1 Å². The fraction of sp³-hybridized carbons (Fsp3) is 0.200. The van der Waals surface area contributed by atoms with Crippen molar-refractivity contribution >= 4 is 10.9 Å². The number of benzene rings is 2. The van der Waals surface area contributed by atoms with Crippen LogP contribution < -0.4 is 0 Å². The van der Waals surface area contributed by atoms with Gasteiger partial charge < -0.3 is 13.9 Å². The summed E-state index contributed by atoms with van der Waals surface area (Å²) in [6, 6.07) is 20.5. The van der Waals surface area contributed by atoms with Crippen molar-refractivity contribution < 1.29 is 8.94 Å². The van der Waals surface area contributed by atoms with E-state index in [1.807, 2.05) is 30.5 Å². The number of para-hydroxylation sites is 1. The maximum absolute atomic E-state index is 6.01. The molecule has 0 aliphatic rings. The second-order valence-corrected chi connectivity index (χ2v) is 8.54. The topological polar surface area (TPSA) is 67.8 Å². The van der Waals surface area contributed by atoms with Gasteiger partial charge in [-0.05, 0) is 34.7 Å². The lowest BCUT2D eigenvalue weighted by Gasteiger charge is -2.18. The van der Waals surface area contributed by atoms with Crippen molar-refractivity contribution in [2.45, 2.75) is 32.6 Å². The molecular weight excluding hydrogens is 374 g/mol. The minimum atomic E-state index is 0.124. The van der Waals surface area contributed by atoms with Gasteiger partial charge in [-0.15, -0.1) is 0 Å². The quantitative estimate of drug-likeness (QED) is 0.383. The molecule has 3 aromatic heterocycles. The first-order chi connectivity index (χ1) is 14.5. The molecule has 0 fully saturated rings. The van der Waals surface area contributed by atoms with E-state index in [0.29, 0.717) is 23.9 Å². The van der Waals surface area contributed by atoms with Crippen LogP contribution in [0.25, 0.3) is 33.8 Å². The standard InChI is InChI=1S/C25H23N3O2/c1-25(2,3)18-10-8-16(9-11-18)21-12-13-22(29-21)24-27-23(30-28-24)14-17-15-26-20-7-5-4-6-19(17)20/h4-13,15,26H,14H2,1-3H3. The van der Waals surface area contributed by atoms with Crippen molar-refractivity contribution in [3.63, 3.8) is 0 Å². The predicted molar refractivity (Wildman–Crippen MR) is 117 cm³/mol. The summed E-state index contributed by atoms with van der Waals surface area (Å²) in [5.74, 6) is 2.40. The monoisotopic (exact) mass is 397 g/mol. The van der Waals surface area contributed by atoms with Crippen LogP contribution in [-0.2, 0) is 11.8 Å². The molecule has 0 bridgehead atoms. The second kappa shape index (κ2) is 7.02. The fourth-order valence-electron chi connectivity index (χ4n) is 3.62. The molecule has 5 heteroatoms. The first-order valence-corrected chi connectivity index (χ1v) is 10.1. The molecule has 5 rings (SSSR count). The Hall–Kier alpha value is -3.60. The van der Waals surface area contributed by atoms with Crippen LogP contribution in [0.3, 0.4) is 0 Å². The number of nitrogens with one attached hydrogen (secondary N) is 1. The molecule has 1 N–H and O–H groups in total. The summed E-state index contributed by atoms with van der Waals surface area (Å²) in [6.45, 7) is 6.62.